The Hall–Kier alpha value is -2.76. The summed E-state index contributed by atoms with van der Waals surface area (Å²) >= 11 is 1.11. The van der Waals surface area contributed by atoms with Gasteiger partial charge in [-0.15, -0.1) is 11.3 Å². The molecule has 0 amide bonds. The number of aliphatic hydroxyl groups excluding tert-OH is 2. The molecule has 0 aromatic carbocycles. The number of ether oxygens (including phenoxy) is 1. The summed E-state index contributed by atoms with van der Waals surface area (Å²) < 4.78 is 45.6. The van der Waals surface area contributed by atoms with Crippen LogP contribution in [0.15, 0.2) is 36.0 Å². The molecular weight excluding hydrogens is 421 g/mol. The van der Waals surface area contributed by atoms with Gasteiger partial charge in [0.05, 0.1) is 23.6 Å². The first kappa shape index (κ1) is 20.5. The number of nitrogens with zero attached hydrogens (tertiary/aromatic N) is 3. The SMILES string of the molecule is OCC(O)c1csc(Nc2ncc(C(F)(F)F)cc2OC2CCc3cccnc32)n1. The van der Waals surface area contributed by atoms with Gasteiger partial charge in [-0.1, -0.05) is 6.07 Å². The normalized spacial score (nSPS) is 16.9. The van der Waals surface area contributed by atoms with Crippen LogP contribution in [0.1, 0.15) is 41.1 Å². The van der Waals surface area contributed by atoms with E-state index in [-0.39, 0.29) is 17.3 Å². The number of hydrogen-bond donors (Lipinski definition) is 3. The predicted octanol–water partition coefficient (Wildman–Crippen LogP) is 3.79. The summed E-state index contributed by atoms with van der Waals surface area (Å²) in [6.45, 7) is -0.496. The van der Waals surface area contributed by atoms with Crippen LogP contribution < -0.4 is 10.1 Å². The quantitative estimate of drug-likeness (QED) is 0.538. The number of aromatic nitrogens is 3. The summed E-state index contributed by atoms with van der Waals surface area (Å²) in [6, 6.07) is 4.62. The highest BCUT2D eigenvalue weighted by Gasteiger charge is 2.33. The molecule has 3 aromatic heterocycles. The second kappa shape index (κ2) is 8.17. The number of pyridine rings is 2. The molecule has 0 bridgehead atoms. The Labute approximate surface area is 173 Å². The van der Waals surface area contributed by atoms with Crippen LogP contribution in [0.3, 0.4) is 0 Å². The van der Waals surface area contributed by atoms with Gasteiger partial charge < -0.3 is 20.3 Å². The minimum absolute atomic E-state index is 0.0618. The number of aliphatic hydroxyl groups is 2. The molecule has 30 heavy (non-hydrogen) atoms. The van der Waals surface area contributed by atoms with E-state index in [1.165, 1.54) is 5.38 Å². The van der Waals surface area contributed by atoms with E-state index in [1.807, 2.05) is 6.07 Å². The second-order valence-electron chi connectivity index (χ2n) is 6.66. The Morgan fingerprint density at radius 1 is 1.33 bits per heavy atom. The molecule has 0 saturated heterocycles. The average Bonchev–Trinajstić information content (AvgIpc) is 3.35. The van der Waals surface area contributed by atoms with Crippen molar-refractivity contribution in [2.45, 2.75) is 31.2 Å². The van der Waals surface area contributed by atoms with E-state index in [9.17, 15) is 18.3 Å². The fourth-order valence-corrected chi connectivity index (χ4v) is 3.87. The third-order valence-electron chi connectivity index (χ3n) is 4.62. The van der Waals surface area contributed by atoms with Crippen LogP contribution in [0.2, 0.25) is 0 Å². The Balaban J connectivity index is 1.64. The highest BCUT2D eigenvalue weighted by Crippen LogP contribution is 2.39. The number of anilines is 2. The Morgan fingerprint density at radius 3 is 2.93 bits per heavy atom. The molecular formula is C19H17F3N4O3S. The topological polar surface area (TPSA) is 100 Å². The third kappa shape index (κ3) is 4.23. The molecule has 3 heterocycles. The van der Waals surface area contributed by atoms with Gasteiger partial charge in [0.15, 0.2) is 16.7 Å². The summed E-state index contributed by atoms with van der Waals surface area (Å²) in [5.74, 6) is -0.0143. The van der Waals surface area contributed by atoms with Crippen LogP contribution >= 0.6 is 11.3 Å². The summed E-state index contributed by atoms with van der Waals surface area (Å²) in [5.41, 5.74) is 1.01. The lowest BCUT2D eigenvalue weighted by molar-refractivity contribution is -0.138. The minimum atomic E-state index is -4.57. The highest BCUT2D eigenvalue weighted by atomic mass is 32.1. The Bertz CT molecular complexity index is 1040. The molecule has 1 aliphatic carbocycles. The second-order valence-corrected chi connectivity index (χ2v) is 7.52. The van der Waals surface area contributed by atoms with Crippen molar-refractivity contribution in [3.05, 3.63) is 58.5 Å². The van der Waals surface area contributed by atoms with Crippen molar-refractivity contribution in [3.63, 3.8) is 0 Å². The Morgan fingerprint density at radius 2 is 2.17 bits per heavy atom. The first-order valence-electron chi connectivity index (χ1n) is 9.04. The number of nitrogens with one attached hydrogen (secondary N) is 1. The fraction of sp³-hybridized carbons (Fsp3) is 0.316. The first-order valence-corrected chi connectivity index (χ1v) is 9.92. The van der Waals surface area contributed by atoms with Crippen LogP contribution in [0, 0.1) is 0 Å². The lowest BCUT2D eigenvalue weighted by Crippen LogP contribution is -2.11. The number of rotatable bonds is 6. The maximum absolute atomic E-state index is 13.2. The molecule has 4 rings (SSSR count). The van der Waals surface area contributed by atoms with E-state index in [1.54, 1.807) is 12.3 Å². The third-order valence-corrected chi connectivity index (χ3v) is 5.39. The molecule has 0 saturated carbocycles. The zero-order chi connectivity index (χ0) is 21.3. The van der Waals surface area contributed by atoms with Crippen molar-refractivity contribution >= 4 is 22.3 Å². The lowest BCUT2D eigenvalue weighted by atomic mass is 10.2. The molecule has 0 spiro atoms. The van der Waals surface area contributed by atoms with Crippen molar-refractivity contribution in [1.82, 2.24) is 15.0 Å². The number of aryl methyl sites for hydroxylation is 1. The van der Waals surface area contributed by atoms with E-state index in [0.29, 0.717) is 23.4 Å². The van der Waals surface area contributed by atoms with Gasteiger partial charge in [0, 0.05) is 17.8 Å². The predicted molar refractivity (Wildman–Crippen MR) is 103 cm³/mol. The van der Waals surface area contributed by atoms with Crippen LogP contribution in [-0.2, 0) is 12.6 Å². The van der Waals surface area contributed by atoms with E-state index in [4.69, 9.17) is 9.84 Å². The number of halogens is 3. The van der Waals surface area contributed by atoms with Crippen LogP contribution in [0.4, 0.5) is 24.1 Å². The fourth-order valence-electron chi connectivity index (χ4n) is 3.12. The van der Waals surface area contributed by atoms with Gasteiger partial charge in [-0.25, -0.2) is 9.97 Å². The van der Waals surface area contributed by atoms with Gasteiger partial charge in [0.1, 0.15) is 12.2 Å². The summed E-state index contributed by atoms with van der Waals surface area (Å²) in [5, 5.41) is 23.4. The zero-order valence-corrected chi connectivity index (χ0v) is 16.2. The van der Waals surface area contributed by atoms with Crippen LogP contribution in [0.25, 0.3) is 0 Å². The van der Waals surface area contributed by atoms with Crippen molar-refractivity contribution < 1.29 is 28.1 Å². The molecule has 11 heteroatoms. The summed E-state index contributed by atoms with van der Waals surface area (Å²) in [4.78, 5) is 12.3. The summed E-state index contributed by atoms with van der Waals surface area (Å²) in [6.07, 6.45) is -2.57. The van der Waals surface area contributed by atoms with Crippen molar-refractivity contribution in [1.29, 1.82) is 0 Å². The molecule has 3 aromatic rings. The van der Waals surface area contributed by atoms with Gasteiger partial charge in [-0.05, 0) is 30.5 Å². The largest absolute Gasteiger partial charge is 0.480 e. The Kier molecular flexibility index (Phi) is 5.58. The number of thiazole rings is 1. The molecule has 2 atom stereocenters. The smallest absolute Gasteiger partial charge is 0.418 e. The number of alkyl halides is 3. The van der Waals surface area contributed by atoms with Crippen molar-refractivity contribution in [2.24, 2.45) is 0 Å². The van der Waals surface area contributed by atoms with Crippen molar-refractivity contribution in [3.8, 4) is 5.75 Å². The molecule has 0 radical (unpaired) electrons. The highest BCUT2D eigenvalue weighted by molar-refractivity contribution is 7.13. The van der Waals surface area contributed by atoms with Gasteiger partial charge in [0.2, 0.25) is 0 Å². The maximum atomic E-state index is 13.2. The minimum Gasteiger partial charge on any atom is -0.480 e. The van der Waals surface area contributed by atoms with Gasteiger partial charge in [-0.2, -0.15) is 13.2 Å². The molecule has 1 aliphatic rings. The van der Waals surface area contributed by atoms with E-state index in [0.717, 1.165) is 29.4 Å². The standard InChI is InChI=1S/C19H17F3N4O3S/c20-19(21,22)11-6-15(29-14-4-3-10-2-1-5-23-16(10)14)17(24-7-11)26-18-25-12(9-30-18)13(28)8-27/h1-2,5-7,9,13-14,27-28H,3-4,8H2,(H,24,25,26). The first-order chi connectivity index (χ1) is 14.3. The van der Waals surface area contributed by atoms with Crippen LogP contribution in [0.5, 0.6) is 5.75 Å². The maximum Gasteiger partial charge on any atom is 0.418 e. The molecule has 0 fully saturated rings. The lowest BCUT2D eigenvalue weighted by Gasteiger charge is -2.18. The molecule has 7 nitrogen and oxygen atoms in total. The van der Waals surface area contributed by atoms with Gasteiger partial charge >= 0.3 is 6.18 Å². The van der Waals surface area contributed by atoms with E-state index in [2.05, 4.69) is 20.3 Å². The summed E-state index contributed by atoms with van der Waals surface area (Å²) in [7, 11) is 0. The van der Waals surface area contributed by atoms with E-state index < -0.39 is 30.6 Å². The van der Waals surface area contributed by atoms with Crippen molar-refractivity contribution in [2.75, 3.05) is 11.9 Å². The molecule has 0 aliphatic heterocycles. The molecule has 3 N–H and O–H groups in total. The molecule has 2 unspecified atom stereocenters. The molecule has 158 valence electrons. The van der Waals surface area contributed by atoms with Gasteiger partial charge in [0.25, 0.3) is 0 Å². The number of hydrogen-bond acceptors (Lipinski definition) is 8. The van der Waals surface area contributed by atoms with E-state index >= 15 is 0 Å². The average molecular weight is 438 g/mol. The zero-order valence-electron chi connectivity index (χ0n) is 15.4. The number of fused-ring (bicyclic) bond motifs is 1. The van der Waals surface area contributed by atoms with Crippen LogP contribution in [-0.4, -0.2) is 31.8 Å². The monoisotopic (exact) mass is 438 g/mol. The van der Waals surface area contributed by atoms with Gasteiger partial charge in [-0.3, -0.25) is 4.98 Å².